The molecule has 0 fully saturated rings. The van der Waals surface area contributed by atoms with Crippen molar-refractivity contribution in [2.45, 2.75) is 69.2 Å². The van der Waals surface area contributed by atoms with Gasteiger partial charge in [0.2, 0.25) is 10.0 Å². The van der Waals surface area contributed by atoms with E-state index in [-0.39, 0.29) is 36.2 Å². The van der Waals surface area contributed by atoms with Crippen LogP contribution in [0.1, 0.15) is 55.2 Å². The molecular weight excluding hydrogens is 626 g/mol. The van der Waals surface area contributed by atoms with Crippen LogP contribution in [0.4, 0.5) is 13.2 Å². The van der Waals surface area contributed by atoms with Gasteiger partial charge in [0.25, 0.3) is 0 Å². The van der Waals surface area contributed by atoms with Gasteiger partial charge >= 0.3 is 12.1 Å². The standard InChI is InChI=1S/C33H39F3N2O5S2/c1-5-22(31(40)41)15-28-10-11-30(44-28)25-14-26(33(34,35)36)17-29(16-25)45(42,43)38(4)20-27(39)19-37-32(2,3)18-21-12-23-8-6-7-9-24(23)13-21/h6-11,14-17,21,27,37,39H,5,12-13,18-20H2,1-4H3,(H,40,41)/t27-/m1/s1. The normalized spacial score (nSPS) is 15.4. The van der Waals surface area contributed by atoms with Gasteiger partial charge < -0.3 is 15.5 Å². The number of carbonyl (C=O) groups is 1. The Bertz CT molecular complexity index is 1640. The highest BCUT2D eigenvalue weighted by Gasteiger charge is 2.34. The number of fused-ring (bicyclic) bond motifs is 1. The molecule has 1 heterocycles. The van der Waals surface area contributed by atoms with E-state index in [2.05, 4.69) is 17.4 Å². The van der Waals surface area contributed by atoms with E-state index in [9.17, 15) is 36.6 Å². The number of hydrogen-bond acceptors (Lipinski definition) is 6. The van der Waals surface area contributed by atoms with Crippen molar-refractivity contribution >= 4 is 33.4 Å². The Balaban J connectivity index is 1.46. The monoisotopic (exact) mass is 664 g/mol. The number of aliphatic hydroxyl groups excluding tert-OH is 1. The lowest BCUT2D eigenvalue weighted by molar-refractivity contribution is -0.137. The van der Waals surface area contributed by atoms with Crippen LogP contribution in [-0.4, -0.2) is 60.7 Å². The number of sulfonamides is 1. The highest BCUT2D eigenvalue weighted by Crippen LogP contribution is 2.38. The lowest BCUT2D eigenvalue weighted by atomic mass is 9.88. The van der Waals surface area contributed by atoms with Gasteiger partial charge in [0.05, 0.1) is 16.6 Å². The maximum atomic E-state index is 13.9. The van der Waals surface area contributed by atoms with Crippen LogP contribution in [0.2, 0.25) is 0 Å². The Labute approximate surface area is 266 Å². The van der Waals surface area contributed by atoms with E-state index in [1.165, 1.54) is 36.4 Å². The first-order valence-corrected chi connectivity index (χ1v) is 17.0. The number of aliphatic carboxylic acids is 1. The molecule has 0 aliphatic heterocycles. The van der Waals surface area contributed by atoms with Crippen molar-refractivity contribution in [1.29, 1.82) is 0 Å². The number of thiophene rings is 1. The molecule has 0 spiro atoms. The molecule has 0 saturated carbocycles. The molecule has 2 aromatic carbocycles. The lowest BCUT2D eigenvalue weighted by Gasteiger charge is -2.31. The van der Waals surface area contributed by atoms with Gasteiger partial charge in [-0.2, -0.15) is 17.5 Å². The Morgan fingerprint density at radius 3 is 2.33 bits per heavy atom. The van der Waals surface area contributed by atoms with Gasteiger partial charge in [-0.05, 0) is 98.5 Å². The maximum absolute atomic E-state index is 13.9. The molecule has 1 aromatic heterocycles. The van der Waals surface area contributed by atoms with Crippen LogP contribution >= 0.6 is 11.3 Å². The number of halogens is 3. The van der Waals surface area contributed by atoms with E-state index in [4.69, 9.17) is 0 Å². The summed E-state index contributed by atoms with van der Waals surface area (Å²) in [5, 5.41) is 23.4. The third kappa shape index (κ3) is 8.82. The van der Waals surface area contributed by atoms with Gasteiger partial charge in [-0.15, -0.1) is 11.3 Å². The first-order chi connectivity index (χ1) is 21.0. The number of nitrogens with one attached hydrogen (secondary N) is 1. The molecule has 45 heavy (non-hydrogen) atoms. The zero-order valence-corrected chi connectivity index (χ0v) is 27.3. The van der Waals surface area contributed by atoms with Crippen LogP contribution in [0.15, 0.2) is 65.1 Å². The molecule has 12 heteroatoms. The molecule has 1 aliphatic rings. The minimum atomic E-state index is -4.81. The first kappa shape index (κ1) is 34.8. The van der Waals surface area contributed by atoms with Crippen LogP contribution in [-0.2, 0) is 33.8 Å². The third-order valence-corrected chi connectivity index (χ3v) is 10.9. The minimum Gasteiger partial charge on any atom is -0.478 e. The van der Waals surface area contributed by atoms with Gasteiger partial charge in [0.15, 0.2) is 0 Å². The molecule has 4 rings (SSSR count). The quantitative estimate of drug-likeness (QED) is 0.181. The maximum Gasteiger partial charge on any atom is 0.416 e. The van der Waals surface area contributed by atoms with E-state index in [0.717, 1.165) is 41.0 Å². The number of benzene rings is 2. The van der Waals surface area contributed by atoms with Gasteiger partial charge in [-0.3, -0.25) is 0 Å². The molecular formula is C33H39F3N2O5S2. The summed E-state index contributed by atoms with van der Waals surface area (Å²) in [7, 11) is -3.19. The Morgan fingerprint density at radius 2 is 1.76 bits per heavy atom. The topological polar surface area (TPSA) is 107 Å². The van der Waals surface area contributed by atoms with Gasteiger partial charge in [-0.25, -0.2) is 13.2 Å². The van der Waals surface area contributed by atoms with Crippen LogP contribution in [0.3, 0.4) is 0 Å². The molecule has 1 atom stereocenters. The van der Waals surface area contributed by atoms with Crippen LogP contribution < -0.4 is 5.32 Å². The van der Waals surface area contributed by atoms with Crippen molar-refractivity contribution in [3.63, 3.8) is 0 Å². The Morgan fingerprint density at radius 1 is 1.11 bits per heavy atom. The molecule has 0 saturated heterocycles. The van der Waals surface area contributed by atoms with Gasteiger partial charge in [0, 0.05) is 41.0 Å². The average molecular weight is 665 g/mol. The van der Waals surface area contributed by atoms with E-state index in [0.29, 0.717) is 21.7 Å². The SMILES string of the molecule is CCC(=Cc1ccc(-c2cc(C(F)(F)F)cc(S(=O)(=O)N(C)C[C@H](O)CNC(C)(C)CC3Cc4ccccc4C3)c2)s1)C(=O)O. The van der Waals surface area contributed by atoms with E-state index >= 15 is 0 Å². The zero-order valence-electron chi connectivity index (χ0n) is 25.7. The van der Waals surface area contributed by atoms with Crippen molar-refractivity contribution in [2.75, 3.05) is 20.1 Å². The largest absolute Gasteiger partial charge is 0.478 e. The fourth-order valence-corrected chi connectivity index (χ4v) is 7.99. The second-order valence-corrected chi connectivity index (χ2v) is 15.4. The first-order valence-electron chi connectivity index (χ1n) is 14.7. The summed E-state index contributed by atoms with van der Waals surface area (Å²) in [6.45, 7) is 5.52. The van der Waals surface area contributed by atoms with Crippen LogP contribution in [0.25, 0.3) is 16.5 Å². The fourth-order valence-electron chi connectivity index (χ4n) is 5.75. The summed E-state index contributed by atoms with van der Waals surface area (Å²) < 4.78 is 69.5. The highest BCUT2D eigenvalue weighted by atomic mass is 32.2. The molecule has 0 unspecified atom stereocenters. The van der Waals surface area contributed by atoms with Crippen molar-refractivity contribution in [3.05, 3.63) is 81.7 Å². The number of carboxylic acids is 1. The predicted molar refractivity (Wildman–Crippen MR) is 171 cm³/mol. The van der Waals surface area contributed by atoms with Crippen molar-refractivity contribution < 1.29 is 36.6 Å². The molecule has 244 valence electrons. The minimum absolute atomic E-state index is 0.0350. The molecule has 1 aliphatic carbocycles. The molecule has 0 bridgehead atoms. The fraction of sp³-hybridized carbons (Fsp3) is 0.424. The molecule has 7 nitrogen and oxygen atoms in total. The second-order valence-electron chi connectivity index (χ2n) is 12.2. The number of nitrogens with zero attached hydrogens (tertiary/aromatic N) is 1. The summed E-state index contributed by atoms with van der Waals surface area (Å²) in [6.07, 6.45) is -1.40. The van der Waals surface area contributed by atoms with Crippen molar-refractivity contribution in [2.24, 2.45) is 5.92 Å². The smallest absolute Gasteiger partial charge is 0.416 e. The Hall–Kier alpha value is -3.03. The van der Waals surface area contributed by atoms with E-state index in [1.807, 2.05) is 26.0 Å². The summed E-state index contributed by atoms with van der Waals surface area (Å²) in [6, 6.07) is 14.1. The summed E-state index contributed by atoms with van der Waals surface area (Å²) in [5.74, 6) is -0.648. The van der Waals surface area contributed by atoms with E-state index < -0.39 is 38.7 Å². The Kier molecular flexibility index (Phi) is 10.7. The number of β-amino-alcohol motifs (C(OH)–C–C–N with tert-alkyl or cyclic N) is 1. The lowest BCUT2D eigenvalue weighted by Crippen LogP contribution is -2.47. The average Bonchev–Trinajstić information content (AvgIpc) is 3.60. The highest BCUT2D eigenvalue weighted by molar-refractivity contribution is 7.89. The number of aliphatic hydroxyl groups is 1. The number of likely N-dealkylation sites (N-methyl/N-ethyl adjacent to an activating group) is 1. The third-order valence-electron chi connectivity index (χ3n) is 8.04. The number of hydrogen-bond donors (Lipinski definition) is 3. The number of rotatable bonds is 13. The van der Waals surface area contributed by atoms with Crippen molar-refractivity contribution in [3.8, 4) is 10.4 Å². The van der Waals surface area contributed by atoms with Gasteiger partial charge in [-0.1, -0.05) is 31.2 Å². The van der Waals surface area contributed by atoms with E-state index in [1.54, 1.807) is 13.0 Å². The van der Waals surface area contributed by atoms with Gasteiger partial charge in [0.1, 0.15) is 0 Å². The molecule has 0 amide bonds. The summed E-state index contributed by atoms with van der Waals surface area (Å²) in [4.78, 5) is 11.7. The number of alkyl halides is 3. The summed E-state index contributed by atoms with van der Waals surface area (Å²) >= 11 is 1.06. The summed E-state index contributed by atoms with van der Waals surface area (Å²) in [5.41, 5.74) is 1.41. The van der Waals surface area contributed by atoms with Crippen LogP contribution in [0, 0.1) is 5.92 Å². The molecule has 3 aromatic rings. The molecule has 0 radical (unpaired) electrons. The van der Waals surface area contributed by atoms with Crippen molar-refractivity contribution in [1.82, 2.24) is 9.62 Å². The van der Waals surface area contributed by atoms with Crippen LogP contribution in [0.5, 0.6) is 0 Å². The number of carboxylic acid groups (broad SMARTS) is 1. The predicted octanol–water partition coefficient (Wildman–Crippen LogP) is 6.47. The zero-order chi connectivity index (χ0) is 33.2. The molecule has 3 N–H and O–H groups in total. The second kappa shape index (κ2) is 13.8.